The molecule has 5 atom stereocenters. The number of carbonyl (C=O) groups is 1. The smallest absolute Gasteiger partial charge is 0.315 e. The SMILES string of the molecule is CCc1cnn([C@H]2C[C@@H](n3cnc4c(NCC(c5ccccc5)c5ccccc5)nc(N5CC[C@H](NC(=O)NCc6cccnc6)C5)nc43)[C@H](O)[C@@H]2O)c1. The zero-order valence-electron chi connectivity index (χ0n) is 30.1. The number of pyridine rings is 1. The molecule has 0 radical (unpaired) electrons. The van der Waals surface area contributed by atoms with Crippen LogP contribution in [0.2, 0.25) is 0 Å². The number of fused-ring (bicyclic) bond motifs is 1. The van der Waals surface area contributed by atoms with Crippen LogP contribution in [0.15, 0.2) is 104 Å². The molecule has 14 heteroatoms. The van der Waals surface area contributed by atoms with Gasteiger partial charge < -0.3 is 35.6 Å². The van der Waals surface area contributed by atoms with Crippen molar-refractivity contribution < 1.29 is 15.0 Å². The predicted molar refractivity (Wildman–Crippen MR) is 205 cm³/mol. The summed E-state index contributed by atoms with van der Waals surface area (Å²) in [7, 11) is 0. The second-order valence-electron chi connectivity index (χ2n) is 14.1. The Labute approximate surface area is 313 Å². The molecule has 5 heterocycles. The normalized spacial score (nSPS) is 21.2. The van der Waals surface area contributed by atoms with Crippen LogP contribution in [0.3, 0.4) is 0 Å². The van der Waals surface area contributed by atoms with E-state index in [-0.39, 0.29) is 18.0 Å². The summed E-state index contributed by atoms with van der Waals surface area (Å²) in [6, 6.07) is 23.2. The van der Waals surface area contributed by atoms with Crippen LogP contribution in [0.5, 0.6) is 0 Å². The number of aliphatic hydroxyl groups excluding tert-OH is 2. The highest BCUT2D eigenvalue weighted by Gasteiger charge is 2.44. The van der Waals surface area contributed by atoms with Gasteiger partial charge in [-0.2, -0.15) is 15.1 Å². The second-order valence-corrected chi connectivity index (χ2v) is 14.1. The molecule has 1 aliphatic heterocycles. The van der Waals surface area contributed by atoms with E-state index in [0.717, 1.165) is 17.5 Å². The van der Waals surface area contributed by atoms with E-state index in [4.69, 9.17) is 15.0 Å². The molecule has 0 spiro atoms. The Morgan fingerprint density at radius 3 is 2.39 bits per heavy atom. The van der Waals surface area contributed by atoms with Crippen LogP contribution in [0.4, 0.5) is 16.6 Å². The summed E-state index contributed by atoms with van der Waals surface area (Å²) >= 11 is 0. The summed E-state index contributed by atoms with van der Waals surface area (Å²) in [6.45, 7) is 4.13. The van der Waals surface area contributed by atoms with E-state index in [1.807, 2.05) is 59.3 Å². The molecule has 4 aromatic heterocycles. The fourth-order valence-corrected chi connectivity index (χ4v) is 7.66. The van der Waals surface area contributed by atoms with Crippen molar-refractivity contribution in [2.75, 3.05) is 29.9 Å². The van der Waals surface area contributed by atoms with Gasteiger partial charge in [-0.3, -0.25) is 9.67 Å². The van der Waals surface area contributed by atoms with Gasteiger partial charge in [0.1, 0.15) is 12.2 Å². The molecule has 14 nitrogen and oxygen atoms in total. The standard InChI is InChI=1S/C40H45N11O3/c1-2-26-21-45-51(23-26)33-18-32(35(52)36(33)53)50-25-44-34-37(42-22-31(28-11-5-3-6-12-28)29-13-7-4-8-14-29)47-39(48-38(34)50)49-17-15-30(24-49)46-40(54)43-20-27-10-9-16-41-19-27/h3-14,16,19,21,23,25,30-33,35-36,52-53H,2,15,17-18,20,22,24H2,1H3,(H,42,47,48)(H2,43,46,54)/t30-,32+,33-,35-,36+/m0/s1. The molecule has 2 aromatic carbocycles. The number of anilines is 2. The third kappa shape index (κ3) is 7.34. The highest BCUT2D eigenvalue weighted by atomic mass is 16.3. The molecule has 0 bridgehead atoms. The average molecular weight is 728 g/mol. The van der Waals surface area contributed by atoms with E-state index in [1.165, 1.54) is 11.1 Å². The number of carbonyl (C=O) groups excluding carboxylic acids is 1. The molecule has 2 fully saturated rings. The molecule has 6 aromatic rings. The third-order valence-corrected chi connectivity index (χ3v) is 10.7. The lowest BCUT2D eigenvalue weighted by Gasteiger charge is -2.22. The Balaban J connectivity index is 1.08. The van der Waals surface area contributed by atoms with E-state index in [2.05, 4.69) is 62.1 Å². The van der Waals surface area contributed by atoms with Crippen LogP contribution < -0.4 is 20.9 Å². The first-order valence-corrected chi connectivity index (χ1v) is 18.6. The van der Waals surface area contributed by atoms with Gasteiger partial charge in [0.25, 0.3) is 0 Å². The number of hydrogen-bond donors (Lipinski definition) is 5. The van der Waals surface area contributed by atoms with Crippen LogP contribution in [-0.4, -0.2) is 88.4 Å². The van der Waals surface area contributed by atoms with Crippen molar-refractivity contribution in [3.8, 4) is 0 Å². The summed E-state index contributed by atoms with van der Waals surface area (Å²) in [5.41, 5.74) is 5.44. The first kappa shape index (κ1) is 35.2. The van der Waals surface area contributed by atoms with E-state index in [0.29, 0.717) is 62.0 Å². The third-order valence-electron chi connectivity index (χ3n) is 10.7. The highest BCUT2D eigenvalue weighted by Crippen LogP contribution is 2.40. The van der Waals surface area contributed by atoms with Crippen molar-refractivity contribution >= 4 is 29.0 Å². The van der Waals surface area contributed by atoms with Gasteiger partial charge >= 0.3 is 6.03 Å². The van der Waals surface area contributed by atoms with Gasteiger partial charge in [0.05, 0.1) is 24.6 Å². The molecule has 2 aliphatic rings. The number of aromatic nitrogens is 7. The minimum absolute atomic E-state index is 0.0307. The van der Waals surface area contributed by atoms with Gasteiger partial charge in [0, 0.05) is 56.7 Å². The van der Waals surface area contributed by atoms with E-state index in [1.54, 1.807) is 29.6 Å². The minimum atomic E-state index is -1.07. The Morgan fingerprint density at radius 2 is 1.69 bits per heavy atom. The molecule has 5 N–H and O–H groups in total. The van der Waals surface area contributed by atoms with Crippen LogP contribution in [0.25, 0.3) is 11.2 Å². The monoisotopic (exact) mass is 727 g/mol. The number of urea groups is 1. The van der Waals surface area contributed by atoms with Crippen molar-refractivity contribution in [2.24, 2.45) is 0 Å². The largest absolute Gasteiger partial charge is 0.388 e. The first-order valence-electron chi connectivity index (χ1n) is 18.6. The number of benzene rings is 2. The van der Waals surface area contributed by atoms with Crippen LogP contribution in [0.1, 0.15) is 60.0 Å². The summed E-state index contributed by atoms with van der Waals surface area (Å²) in [5, 5.41) is 36.8. The maximum Gasteiger partial charge on any atom is 0.315 e. The number of imidazole rings is 1. The predicted octanol–water partition coefficient (Wildman–Crippen LogP) is 4.21. The van der Waals surface area contributed by atoms with Crippen molar-refractivity contribution in [2.45, 2.75) is 69.0 Å². The fraction of sp³-hybridized carbons (Fsp3) is 0.350. The molecule has 1 saturated heterocycles. The molecule has 1 aliphatic carbocycles. The molecule has 54 heavy (non-hydrogen) atoms. The van der Waals surface area contributed by atoms with Crippen LogP contribution in [-0.2, 0) is 13.0 Å². The molecule has 1 saturated carbocycles. The molecule has 2 amide bonds. The lowest BCUT2D eigenvalue weighted by atomic mass is 9.91. The summed E-state index contributed by atoms with van der Waals surface area (Å²) in [5.74, 6) is 1.09. The molecule has 278 valence electrons. The second kappa shape index (κ2) is 15.6. The van der Waals surface area contributed by atoms with Gasteiger partial charge in [-0.1, -0.05) is 73.7 Å². The zero-order chi connectivity index (χ0) is 37.0. The number of nitrogens with zero attached hydrogens (tertiary/aromatic N) is 8. The minimum Gasteiger partial charge on any atom is -0.388 e. The number of rotatable bonds is 12. The topological polar surface area (TPSA) is 171 Å². The first-order chi connectivity index (χ1) is 26.4. The summed E-state index contributed by atoms with van der Waals surface area (Å²) in [6.07, 6.45) is 8.75. The Kier molecular flexibility index (Phi) is 10.2. The fourth-order valence-electron chi connectivity index (χ4n) is 7.66. The quantitative estimate of drug-likeness (QED) is 0.123. The number of amides is 2. The number of aliphatic hydroxyl groups is 2. The summed E-state index contributed by atoms with van der Waals surface area (Å²) < 4.78 is 3.63. The highest BCUT2D eigenvalue weighted by molar-refractivity contribution is 5.84. The van der Waals surface area contributed by atoms with Crippen LogP contribution >= 0.6 is 0 Å². The van der Waals surface area contributed by atoms with E-state index >= 15 is 0 Å². The number of hydrogen-bond acceptors (Lipinski definition) is 10. The van der Waals surface area contributed by atoms with E-state index in [9.17, 15) is 15.0 Å². The van der Waals surface area contributed by atoms with Crippen molar-refractivity contribution in [1.82, 2.24) is 44.9 Å². The van der Waals surface area contributed by atoms with Gasteiger partial charge in [0.15, 0.2) is 17.0 Å². The van der Waals surface area contributed by atoms with Gasteiger partial charge in [0.2, 0.25) is 5.95 Å². The van der Waals surface area contributed by atoms with Gasteiger partial charge in [-0.25, -0.2) is 9.78 Å². The molecule has 8 rings (SSSR count). The zero-order valence-corrected chi connectivity index (χ0v) is 30.1. The van der Waals surface area contributed by atoms with Gasteiger partial charge in [-0.05, 0) is 47.6 Å². The van der Waals surface area contributed by atoms with Gasteiger partial charge in [-0.15, -0.1) is 0 Å². The number of nitrogens with one attached hydrogen (secondary N) is 3. The molecular weight excluding hydrogens is 683 g/mol. The number of aryl methyl sites for hydroxylation is 1. The van der Waals surface area contributed by atoms with Crippen LogP contribution in [0, 0.1) is 0 Å². The van der Waals surface area contributed by atoms with E-state index < -0.39 is 24.3 Å². The van der Waals surface area contributed by atoms with Crippen molar-refractivity contribution in [3.05, 3.63) is 126 Å². The average Bonchev–Trinajstić information content (AvgIpc) is 4.03. The Hall–Kier alpha value is -5.86. The maximum absolute atomic E-state index is 12.8. The molecular formula is C40H45N11O3. The van der Waals surface area contributed by atoms with Crippen molar-refractivity contribution in [3.63, 3.8) is 0 Å². The summed E-state index contributed by atoms with van der Waals surface area (Å²) in [4.78, 5) is 33.9. The lowest BCUT2D eigenvalue weighted by molar-refractivity contribution is 0.00721. The maximum atomic E-state index is 12.8. The Morgan fingerprint density at radius 1 is 0.926 bits per heavy atom. The lowest BCUT2D eigenvalue weighted by Crippen LogP contribution is -2.43. The van der Waals surface area contributed by atoms with Crippen molar-refractivity contribution in [1.29, 1.82) is 0 Å². The Bertz CT molecular complexity index is 2120. The molecule has 0 unspecified atom stereocenters.